The maximum atomic E-state index is 11.0. The van der Waals surface area contributed by atoms with E-state index in [4.69, 9.17) is 4.74 Å². The van der Waals surface area contributed by atoms with Gasteiger partial charge in [-0.15, -0.1) is 0 Å². The molecule has 0 heterocycles. The summed E-state index contributed by atoms with van der Waals surface area (Å²) in [6.45, 7) is 3.94. The highest BCUT2D eigenvalue weighted by Gasteiger charge is 2.09. The Hall–Kier alpha value is -1.07. The lowest BCUT2D eigenvalue weighted by Gasteiger charge is -2.14. The molecule has 0 aliphatic heterocycles. The van der Waals surface area contributed by atoms with Crippen LogP contribution in [0.4, 0.5) is 0 Å². The highest BCUT2D eigenvalue weighted by Crippen LogP contribution is 2.26. The van der Waals surface area contributed by atoms with Gasteiger partial charge in [-0.3, -0.25) is 0 Å². The minimum atomic E-state index is -2.94. The van der Waals surface area contributed by atoms with Crippen LogP contribution in [0, 0.1) is 6.92 Å². The third-order valence-corrected chi connectivity index (χ3v) is 3.57. The summed E-state index contributed by atoms with van der Waals surface area (Å²) in [6, 6.07) is 5.58. The Kier molecular flexibility index (Phi) is 5.16. The van der Waals surface area contributed by atoms with Crippen LogP contribution in [0.25, 0.3) is 0 Å². The molecule has 0 aliphatic rings. The van der Waals surface area contributed by atoms with Crippen molar-refractivity contribution in [2.75, 3.05) is 18.6 Å². The first kappa shape index (κ1) is 15.0. The van der Waals surface area contributed by atoms with Gasteiger partial charge >= 0.3 is 0 Å². The van der Waals surface area contributed by atoms with E-state index >= 15 is 0 Å². The molecule has 0 amide bonds. The van der Waals surface area contributed by atoms with Gasteiger partial charge in [0.05, 0.1) is 18.5 Å². The summed E-state index contributed by atoms with van der Waals surface area (Å²) in [5.41, 5.74) is 1.76. The second kappa shape index (κ2) is 6.20. The van der Waals surface area contributed by atoms with E-state index < -0.39 is 15.9 Å². The van der Waals surface area contributed by atoms with Gasteiger partial charge in [-0.25, -0.2) is 8.42 Å². The smallest absolute Gasteiger partial charge is 0.147 e. The highest BCUT2D eigenvalue weighted by molar-refractivity contribution is 7.90. The van der Waals surface area contributed by atoms with Crippen LogP contribution in [-0.2, 0) is 9.84 Å². The molecule has 1 rings (SSSR count). The molecular formula is C13H20O4S. The molecule has 1 aromatic rings. The molecule has 0 saturated carbocycles. The second-order valence-corrected chi connectivity index (χ2v) is 6.81. The summed E-state index contributed by atoms with van der Waals surface area (Å²) < 4.78 is 27.5. The molecule has 5 heteroatoms. The predicted octanol–water partition coefficient (Wildman–Crippen LogP) is 1.86. The quantitative estimate of drug-likeness (QED) is 0.803. The maximum absolute atomic E-state index is 11.0. The Morgan fingerprint density at radius 3 is 2.61 bits per heavy atom. The first-order valence-electron chi connectivity index (χ1n) is 5.89. The number of aliphatic hydroxyl groups excluding tert-OH is 1. The van der Waals surface area contributed by atoms with E-state index in [0.29, 0.717) is 18.8 Å². The van der Waals surface area contributed by atoms with Crippen molar-refractivity contribution < 1.29 is 18.3 Å². The zero-order valence-electron chi connectivity index (χ0n) is 11.0. The molecule has 0 aromatic heterocycles. The molecule has 0 saturated heterocycles. The lowest BCUT2D eigenvalue weighted by Crippen LogP contribution is -2.09. The van der Waals surface area contributed by atoms with Crippen molar-refractivity contribution in [3.8, 4) is 5.75 Å². The number of hydrogen-bond acceptors (Lipinski definition) is 4. The van der Waals surface area contributed by atoms with Gasteiger partial charge in [0.25, 0.3) is 0 Å². The number of sulfone groups is 1. The predicted molar refractivity (Wildman–Crippen MR) is 71.6 cm³/mol. The highest BCUT2D eigenvalue weighted by atomic mass is 32.2. The van der Waals surface area contributed by atoms with Crippen LogP contribution >= 0.6 is 0 Å². The molecule has 0 fully saturated rings. The molecular weight excluding hydrogens is 252 g/mol. The van der Waals surface area contributed by atoms with E-state index in [2.05, 4.69) is 0 Å². The molecule has 0 bridgehead atoms. The van der Waals surface area contributed by atoms with Crippen LogP contribution in [-0.4, -0.2) is 32.1 Å². The van der Waals surface area contributed by atoms with Gasteiger partial charge in [0, 0.05) is 11.8 Å². The first-order valence-corrected chi connectivity index (χ1v) is 7.95. The summed E-state index contributed by atoms with van der Waals surface area (Å²) in [4.78, 5) is 0. The molecule has 102 valence electrons. The van der Waals surface area contributed by atoms with E-state index in [1.165, 1.54) is 6.26 Å². The molecule has 4 nitrogen and oxygen atoms in total. The van der Waals surface area contributed by atoms with Crippen molar-refractivity contribution in [1.29, 1.82) is 0 Å². The summed E-state index contributed by atoms with van der Waals surface area (Å²) in [7, 11) is -2.94. The Bertz CT molecular complexity index is 492. The average molecular weight is 272 g/mol. The topological polar surface area (TPSA) is 63.6 Å². The number of aliphatic hydroxyl groups is 1. The van der Waals surface area contributed by atoms with Gasteiger partial charge in [-0.1, -0.05) is 12.1 Å². The van der Waals surface area contributed by atoms with E-state index in [0.717, 1.165) is 11.1 Å². The lowest BCUT2D eigenvalue weighted by molar-refractivity contribution is 0.191. The monoisotopic (exact) mass is 272 g/mol. The summed E-state index contributed by atoms with van der Waals surface area (Å²) in [5, 5.41) is 9.61. The zero-order chi connectivity index (χ0) is 13.8. The molecule has 0 unspecified atom stereocenters. The SMILES string of the molecule is Cc1ccc([C@@H](C)O)c(OCCCS(C)(=O)=O)c1. The Balaban J connectivity index is 2.63. The summed E-state index contributed by atoms with van der Waals surface area (Å²) >= 11 is 0. The van der Waals surface area contributed by atoms with Crippen molar-refractivity contribution in [2.45, 2.75) is 26.4 Å². The second-order valence-electron chi connectivity index (χ2n) is 4.55. The zero-order valence-corrected chi connectivity index (χ0v) is 11.8. The third kappa shape index (κ3) is 5.06. The minimum Gasteiger partial charge on any atom is -0.493 e. The van der Waals surface area contributed by atoms with Crippen LogP contribution in [0.1, 0.15) is 30.6 Å². The molecule has 1 atom stereocenters. The third-order valence-electron chi connectivity index (χ3n) is 2.54. The van der Waals surface area contributed by atoms with E-state index in [1.54, 1.807) is 6.92 Å². The van der Waals surface area contributed by atoms with Gasteiger partial charge in [0.2, 0.25) is 0 Å². The molecule has 1 N–H and O–H groups in total. The van der Waals surface area contributed by atoms with Crippen LogP contribution in [0.2, 0.25) is 0 Å². The van der Waals surface area contributed by atoms with E-state index in [-0.39, 0.29) is 5.75 Å². The fourth-order valence-corrected chi connectivity index (χ4v) is 2.26. The number of ether oxygens (including phenoxy) is 1. The van der Waals surface area contributed by atoms with Crippen LogP contribution in [0.5, 0.6) is 5.75 Å². The Morgan fingerprint density at radius 1 is 1.39 bits per heavy atom. The van der Waals surface area contributed by atoms with E-state index in [1.807, 2.05) is 25.1 Å². The molecule has 0 radical (unpaired) electrons. The standard InChI is InChI=1S/C13H20O4S/c1-10-5-6-12(11(2)14)13(9-10)17-7-4-8-18(3,15)16/h5-6,9,11,14H,4,7-8H2,1-3H3/t11-/m1/s1. The van der Waals surface area contributed by atoms with Crippen molar-refractivity contribution in [3.63, 3.8) is 0 Å². The molecule has 0 spiro atoms. The summed E-state index contributed by atoms with van der Waals surface area (Å²) in [6.07, 6.45) is 1.06. The number of rotatable bonds is 6. The van der Waals surface area contributed by atoms with E-state index in [9.17, 15) is 13.5 Å². The van der Waals surface area contributed by atoms with Gasteiger partial charge in [0.15, 0.2) is 0 Å². The number of hydrogen-bond donors (Lipinski definition) is 1. The van der Waals surface area contributed by atoms with Gasteiger partial charge in [-0.05, 0) is 31.9 Å². The minimum absolute atomic E-state index is 0.114. The van der Waals surface area contributed by atoms with Crippen molar-refractivity contribution in [1.82, 2.24) is 0 Å². The number of benzene rings is 1. The van der Waals surface area contributed by atoms with Gasteiger partial charge in [0.1, 0.15) is 15.6 Å². The Morgan fingerprint density at radius 2 is 2.06 bits per heavy atom. The first-order chi connectivity index (χ1) is 8.29. The number of aryl methyl sites for hydroxylation is 1. The van der Waals surface area contributed by atoms with Crippen molar-refractivity contribution in [3.05, 3.63) is 29.3 Å². The normalized spacial score (nSPS) is 13.3. The molecule has 1 aromatic carbocycles. The van der Waals surface area contributed by atoms with Crippen LogP contribution in [0.15, 0.2) is 18.2 Å². The molecule has 0 aliphatic carbocycles. The summed E-state index contributed by atoms with van der Waals surface area (Å²) in [5.74, 6) is 0.738. The lowest BCUT2D eigenvalue weighted by atomic mass is 10.1. The van der Waals surface area contributed by atoms with Gasteiger partial charge < -0.3 is 9.84 Å². The Labute approximate surface area is 109 Å². The van der Waals surface area contributed by atoms with Gasteiger partial charge in [-0.2, -0.15) is 0 Å². The fourth-order valence-electron chi connectivity index (χ4n) is 1.61. The molecule has 18 heavy (non-hydrogen) atoms. The van der Waals surface area contributed by atoms with Crippen molar-refractivity contribution in [2.24, 2.45) is 0 Å². The van der Waals surface area contributed by atoms with Crippen LogP contribution in [0.3, 0.4) is 0 Å². The van der Waals surface area contributed by atoms with Crippen LogP contribution < -0.4 is 4.74 Å². The largest absolute Gasteiger partial charge is 0.493 e. The maximum Gasteiger partial charge on any atom is 0.147 e. The average Bonchev–Trinajstić information content (AvgIpc) is 2.22. The fraction of sp³-hybridized carbons (Fsp3) is 0.538. The van der Waals surface area contributed by atoms with Crippen molar-refractivity contribution >= 4 is 9.84 Å².